The van der Waals surface area contributed by atoms with E-state index in [1.807, 2.05) is 26.0 Å². The number of furan rings is 1. The van der Waals surface area contributed by atoms with Crippen molar-refractivity contribution in [1.82, 2.24) is 4.98 Å². The number of rotatable bonds is 4. The smallest absolute Gasteiger partial charge is 0.339 e. The van der Waals surface area contributed by atoms with Crippen LogP contribution < -0.4 is 5.32 Å². The van der Waals surface area contributed by atoms with E-state index in [0.717, 1.165) is 17.2 Å². The number of anilines is 1. The van der Waals surface area contributed by atoms with E-state index in [0.29, 0.717) is 12.4 Å². The number of carbonyl (C=O) groups is 1. The fourth-order valence-electron chi connectivity index (χ4n) is 1.62. The average Bonchev–Trinajstić information content (AvgIpc) is 2.72. The van der Waals surface area contributed by atoms with Gasteiger partial charge in [-0.3, -0.25) is 0 Å². The molecule has 0 aliphatic rings. The predicted molar refractivity (Wildman–Crippen MR) is 66.7 cm³/mol. The lowest BCUT2D eigenvalue weighted by Gasteiger charge is -2.08. The van der Waals surface area contributed by atoms with E-state index in [4.69, 9.17) is 9.52 Å². The summed E-state index contributed by atoms with van der Waals surface area (Å²) >= 11 is 0. The van der Waals surface area contributed by atoms with Gasteiger partial charge in [-0.25, -0.2) is 9.78 Å². The molecule has 18 heavy (non-hydrogen) atoms. The van der Waals surface area contributed by atoms with Gasteiger partial charge in [-0.2, -0.15) is 0 Å². The third-order valence-electron chi connectivity index (χ3n) is 2.49. The number of nitrogens with zero attached hydrogens (tertiary/aromatic N) is 1. The van der Waals surface area contributed by atoms with E-state index < -0.39 is 5.97 Å². The van der Waals surface area contributed by atoms with Gasteiger partial charge in [0.1, 0.15) is 22.9 Å². The zero-order valence-electron chi connectivity index (χ0n) is 10.2. The largest absolute Gasteiger partial charge is 0.478 e. The van der Waals surface area contributed by atoms with Gasteiger partial charge >= 0.3 is 5.97 Å². The van der Waals surface area contributed by atoms with Crippen LogP contribution in [-0.2, 0) is 6.54 Å². The van der Waals surface area contributed by atoms with Gasteiger partial charge in [0.15, 0.2) is 0 Å². The first-order chi connectivity index (χ1) is 8.56. The molecule has 2 N–H and O–H groups in total. The number of hydrogen-bond donors (Lipinski definition) is 2. The SMILES string of the molecule is Cc1ccc(C(=O)O)c(NCc2ccc(C)o2)n1. The number of aromatic carboxylic acids is 1. The molecule has 5 heteroatoms. The van der Waals surface area contributed by atoms with Crippen molar-refractivity contribution >= 4 is 11.8 Å². The van der Waals surface area contributed by atoms with Crippen molar-refractivity contribution in [3.05, 3.63) is 47.0 Å². The normalized spacial score (nSPS) is 10.3. The number of carboxylic acid groups (broad SMARTS) is 1. The van der Waals surface area contributed by atoms with Crippen LogP contribution in [0.2, 0.25) is 0 Å². The molecule has 0 fully saturated rings. The maximum absolute atomic E-state index is 11.0. The van der Waals surface area contributed by atoms with Crippen LogP contribution >= 0.6 is 0 Å². The molecular formula is C13H14N2O3. The molecule has 5 nitrogen and oxygen atoms in total. The summed E-state index contributed by atoms with van der Waals surface area (Å²) in [4.78, 5) is 15.2. The Kier molecular flexibility index (Phi) is 3.32. The molecule has 0 saturated carbocycles. The fourth-order valence-corrected chi connectivity index (χ4v) is 1.62. The summed E-state index contributed by atoms with van der Waals surface area (Å²) in [7, 11) is 0. The van der Waals surface area contributed by atoms with Crippen molar-refractivity contribution in [2.75, 3.05) is 5.32 Å². The Labute approximate surface area is 104 Å². The topological polar surface area (TPSA) is 75.4 Å². The molecule has 0 amide bonds. The van der Waals surface area contributed by atoms with Crippen LogP contribution in [0.5, 0.6) is 0 Å². The molecule has 94 valence electrons. The van der Waals surface area contributed by atoms with E-state index in [1.165, 1.54) is 0 Å². The van der Waals surface area contributed by atoms with Crippen LogP contribution in [0.15, 0.2) is 28.7 Å². The first kappa shape index (κ1) is 12.2. The summed E-state index contributed by atoms with van der Waals surface area (Å²) < 4.78 is 5.40. The first-order valence-corrected chi connectivity index (χ1v) is 5.56. The number of aromatic nitrogens is 1. The zero-order valence-corrected chi connectivity index (χ0v) is 10.2. The summed E-state index contributed by atoms with van der Waals surface area (Å²) in [5.41, 5.74) is 0.919. The molecular weight excluding hydrogens is 232 g/mol. The van der Waals surface area contributed by atoms with E-state index in [-0.39, 0.29) is 5.56 Å². The maximum atomic E-state index is 11.0. The second-order valence-corrected chi connectivity index (χ2v) is 4.02. The fraction of sp³-hybridized carbons (Fsp3) is 0.231. The van der Waals surface area contributed by atoms with Gasteiger partial charge in [0.2, 0.25) is 0 Å². The van der Waals surface area contributed by atoms with Crippen molar-refractivity contribution in [1.29, 1.82) is 0 Å². The number of aryl methyl sites for hydroxylation is 2. The van der Waals surface area contributed by atoms with Gasteiger partial charge in [0.25, 0.3) is 0 Å². The Morgan fingerprint density at radius 1 is 1.33 bits per heavy atom. The van der Waals surface area contributed by atoms with Gasteiger partial charge in [-0.15, -0.1) is 0 Å². The molecule has 0 aliphatic carbocycles. The summed E-state index contributed by atoms with van der Waals surface area (Å²) in [5, 5.41) is 12.0. The van der Waals surface area contributed by atoms with Gasteiger partial charge in [-0.05, 0) is 38.1 Å². The third kappa shape index (κ3) is 2.68. The zero-order chi connectivity index (χ0) is 13.1. The van der Waals surface area contributed by atoms with E-state index in [2.05, 4.69) is 10.3 Å². The van der Waals surface area contributed by atoms with Crippen LogP contribution in [0.1, 0.15) is 27.6 Å². The van der Waals surface area contributed by atoms with Crippen molar-refractivity contribution in [3.8, 4) is 0 Å². The molecule has 0 saturated heterocycles. The summed E-state index contributed by atoms with van der Waals surface area (Å²) in [6.07, 6.45) is 0. The van der Waals surface area contributed by atoms with Gasteiger partial charge in [0.05, 0.1) is 6.54 Å². The van der Waals surface area contributed by atoms with Gasteiger partial charge < -0.3 is 14.8 Å². The van der Waals surface area contributed by atoms with Crippen LogP contribution in [0, 0.1) is 13.8 Å². The summed E-state index contributed by atoms with van der Waals surface area (Å²) in [6.45, 7) is 4.08. The maximum Gasteiger partial charge on any atom is 0.339 e. The Bertz CT molecular complexity index is 575. The van der Waals surface area contributed by atoms with Crippen molar-refractivity contribution in [2.45, 2.75) is 20.4 Å². The van der Waals surface area contributed by atoms with Crippen LogP contribution in [-0.4, -0.2) is 16.1 Å². The van der Waals surface area contributed by atoms with E-state index in [9.17, 15) is 4.79 Å². The van der Waals surface area contributed by atoms with Gasteiger partial charge in [-0.1, -0.05) is 0 Å². The Morgan fingerprint density at radius 2 is 2.11 bits per heavy atom. The number of carboxylic acids is 1. The molecule has 0 unspecified atom stereocenters. The van der Waals surface area contributed by atoms with Crippen LogP contribution in [0.3, 0.4) is 0 Å². The second kappa shape index (κ2) is 4.91. The Hall–Kier alpha value is -2.30. The Balaban J connectivity index is 2.17. The predicted octanol–water partition coefficient (Wildman–Crippen LogP) is 2.60. The minimum absolute atomic E-state index is 0.156. The molecule has 0 spiro atoms. The molecule has 0 aromatic carbocycles. The monoisotopic (exact) mass is 246 g/mol. The van der Waals surface area contributed by atoms with Crippen LogP contribution in [0.4, 0.5) is 5.82 Å². The molecule has 0 bridgehead atoms. The van der Waals surface area contributed by atoms with Crippen molar-refractivity contribution < 1.29 is 14.3 Å². The minimum Gasteiger partial charge on any atom is -0.478 e. The summed E-state index contributed by atoms with van der Waals surface area (Å²) in [6, 6.07) is 6.92. The molecule has 0 radical (unpaired) electrons. The van der Waals surface area contributed by atoms with Crippen molar-refractivity contribution in [3.63, 3.8) is 0 Å². The van der Waals surface area contributed by atoms with Crippen LogP contribution in [0.25, 0.3) is 0 Å². The Morgan fingerprint density at radius 3 is 2.72 bits per heavy atom. The molecule has 0 atom stereocenters. The lowest BCUT2D eigenvalue weighted by atomic mass is 10.2. The van der Waals surface area contributed by atoms with E-state index >= 15 is 0 Å². The van der Waals surface area contributed by atoms with E-state index in [1.54, 1.807) is 12.1 Å². The molecule has 2 rings (SSSR count). The number of hydrogen-bond acceptors (Lipinski definition) is 4. The first-order valence-electron chi connectivity index (χ1n) is 5.56. The molecule has 2 aromatic heterocycles. The third-order valence-corrected chi connectivity index (χ3v) is 2.49. The lowest BCUT2D eigenvalue weighted by molar-refractivity contribution is 0.0697. The highest BCUT2D eigenvalue weighted by molar-refractivity contribution is 5.93. The molecule has 2 aromatic rings. The quantitative estimate of drug-likeness (QED) is 0.867. The highest BCUT2D eigenvalue weighted by atomic mass is 16.4. The second-order valence-electron chi connectivity index (χ2n) is 4.02. The van der Waals surface area contributed by atoms with Crippen molar-refractivity contribution in [2.24, 2.45) is 0 Å². The summed E-state index contributed by atoms with van der Waals surface area (Å²) in [5.74, 6) is 0.923. The number of nitrogens with one attached hydrogen (secondary N) is 1. The van der Waals surface area contributed by atoms with Gasteiger partial charge in [0, 0.05) is 5.69 Å². The lowest BCUT2D eigenvalue weighted by Crippen LogP contribution is -2.08. The molecule has 2 heterocycles. The standard InChI is InChI=1S/C13H14N2O3/c1-8-3-6-11(13(16)17)12(15-8)14-7-10-5-4-9(2)18-10/h3-6H,7H2,1-2H3,(H,14,15)(H,16,17). The number of pyridine rings is 1. The minimum atomic E-state index is -0.999. The average molecular weight is 246 g/mol. The highest BCUT2D eigenvalue weighted by Gasteiger charge is 2.11. The highest BCUT2D eigenvalue weighted by Crippen LogP contribution is 2.15. The molecule has 0 aliphatic heterocycles.